The maximum atomic E-state index is 13.2. The third-order valence-electron chi connectivity index (χ3n) is 4.91. The van der Waals surface area contributed by atoms with Gasteiger partial charge in [0.1, 0.15) is 0 Å². The Bertz CT molecular complexity index is 1170. The predicted octanol–water partition coefficient (Wildman–Crippen LogP) is 3.17. The van der Waals surface area contributed by atoms with Crippen LogP contribution in [0.1, 0.15) is 34.6 Å². The van der Waals surface area contributed by atoms with E-state index < -0.39 is 0 Å². The Morgan fingerprint density at radius 3 is 2.64 bits per heavy atom. The number of para-hydroxylation sites is 1. The van der Waals surface area contributed by atoms with Gasteiger partial charge in [-0.2, -0.15) is 10.2 Å². The number of carbonyl (C=O) groups excluding carboxylic acids is 1. The van der Waals surface area contributed by atoms with Crippen molar-refractivity contribution in [3.8, 4) is 11.4 Å². The number of fused-ring (bicyclic) bond motifs is 1. The van der Waals surface area contributed by atoms with Crippen molar-refractivity contribution in [1.29, 1.82) is 0 Å². The van der Waals surface area contributed by atoms with Crippen LogP contribution in [0.2, 0.25) is 0 Å². The summed E-state index contributed by atoms with van der Waals surface area (Å²) < 4.78 is 3.51. The van der Waals surface area contributed by atoms with Crippen LogP contribution in [0.25, 0.3) is 22.3 Å². The quantitative estimate of drug-likeness (QED) is 0.595. The van der Waals surface area contributed by atoms with Gasteiger partial charge in [-0.15, -0.1) is 0 Å². The van der Waals surface area contributed by atoms with E-state index in [1.54, 1.807) is 15.6 Å². The summed E-state index contributed by atoms with van der Waals surface area (Å²) in [6.07, 6.45) is 3.66. The van der Waals surface area contributed by atoms with Crippen molar-refractivity contribution in [3.05, 3.63) is 65.6 Å². The lowest BCUT2D eigenvalue weighted by atomic mass is 10.0. The molecule has 0 saturated heterocycles. The van der Waals surface area contributed by atoms with E-state index >= 15 is 0 Å². The van der Waals surface area contributed by atoms with Gasteiger partial charge >= 0.3 is 0 Å². The molecule has 0 fully saturated rings. The summed E-state index contributed by atoms with van der Waals surface area (Å²) in [7, 11) is 3.74. The normalized spacial score (nSPS) is 12.3. The second-order valence-electron chi connectivity index (χ2n) is 6.95. The molecule has 3 aromatic heterocycles. The van der Waals surface area contributed by atoms with Gasteiger partial charge in [-0.1, -0.05) is 18.2 Å². The van der Waals surface area contributed by atoms with Gasteiger partial charge in [0.15, 0.2) is 0 Å². The molecule has 1 atom stereocenters. The van der Waals surface area contributed by atoms with E-state index in [4.69, 9.17) is 4.98 Å². The number of pyridine rings is 1. The van der Waals surface area contributed by atoms with E-state index in [-0.39, 0.29) is 11.9 Å². The highest BCUT2D eigenvalue weighted by atomic mass is 16.1. The van der Waals surface area contributed by atoms with Crippen molar-refractivity contribution >= 4 is 16.8 Å². The molecule has 1 aromatic carbocycles. The lowest BCUT2D eigenvalue weighted by Gasteiger charge is -2.15. The van der Waals surface area contributed by atoms with Crippen molar-refractivity contribution in [3.63, 3.8) is 0 Å². The van der Waals surface area contributed by atoms with Gasteiger partial charge in [0.25, 0.3) is 5.91 Å². The van der Waals surface area contributed by atoms with Gasteiger partial charge in [0.2, 0.25) is 0 Å². The van der Waals surface area contributed by atoms with Gasteiger partial charge < -0.3 is 5.32 Å². The number of aryl methyl sites for hydroxylation is 3. The number of benzene rings is 1. The largest absolute Gasteiger partial charge is 0.345 e. The topological polar surface area (TPSA) is 77.6 Å². The smallest absolute Gasteiger partial charge is 0.252 e. The molecule has 0 saturated carbocycles. The van der Waals surface area contributed by atoms with E-state index in [1.165, 1.54) is 0 Å². The molecule has 1 unspecified atom stereocenters. The second kappa shape index (κ2) is 6.92. The van der Waals surface area contributed by atoms with Crippen LogP contribution in [0.3, 0.4) is 0 Å². The highest BCUT2D eigenvalue weighted by Gasteiger charge is 2.19. The zero-order valence-corrected chi connectivity index (χ0v) is 16.3. The Kier molecular flexibility index (Phi) is 4.43. The van der Waals surface area contributed by atoms with Crippen LogP contribution in [-0.2, 0) is 14.1 Å². The summed E-state index contributed by atoms with van der Waals surface area (Å²) in [4.78, 5) is 17.9. The fraction of sp³-hybridized carbons (Fsp3) is 0.238. The zero-order chi connectivity index (χ0) is 19.8. The summed E-state index contributed by atoms with van der Waals surface area (Å²) >= 11 is 0. The van der Waals surface area contributed by atoms with Crippen LogP contribution in [0.15, 0.2) is 48.8 Å². The number of rotatable bonds is 4. The van der Waals surface area contributed by atoms with Crippen LogP contribution in [-0.4, -0.2) is 30.5 Å². The Morgan fingerprint density at radius 1 is 1.18 bits per heavy atom. The molecule has 7 heteroatoms. The zero-order valence-electron chi connectivity index (χ0n) is 16.3. The summed E-state index contributed by atoms with van der Waals surface area (Å²) in [5.41, 5.74) is 4.85. The molecular formula is C21H22N6O. The molecule has 1 N–H and O–H groups in total. The average molecular weight is 374 g/mol. The van der Waals surface area contributed by atoms with Crippen molar-refractivity contribution in [2.24, 2.45) is 14.1 Å². The molecular weight excluding hydrogens is 352 g/mol. The molecule has 1 amide bonds. The minimum Gasteiger partial charge on any atom is -0.345 e. The van der Waals surface area contributed by atoms with Gasteiger partial charge in [-0.05, 0) is 32.0 Å². The minimum absolute atomic E-state index is 0.141. The number of hydrogen-bond acceptors (Lipinski definition) is 4. The molecule has 4 aromatic rings. The Balaban J connectivity index is 1.75. The van der Waals surface area contributed by atoms with Gasteiger partial charge in [-0.3, -0.25) is 14.2 Å². The maximum absolute atomic E-state index is 13.2. The number of aromatic nitrogens is 5. The van der Waals surface area contributed by atoms with E-state index in [9.17, 15) is 4.79 Å². The van der Waals surface area contributed by atoms with Gasteiger partial charge in [0, 0.05) is 37.4 Å². The molecule has 0 aliphatic heterocycles. The monoisotopic (exact) mass is 374 g/mol. The van der Waals surface area contributed by atoms with Crippen molar-refractivity contribution in [2.45, 2.75) is 19.9 Å². The molecule has 0 aliphatic rings. The minimum atomic E-state index is -0.159. The maximum Gasteiger partial charge on any atom is 0.252 e. The highest BCUT2D eigenvalue weighted by Crippen LogP contribution is 2.25. The Morgan fingerprint density at radius 2 is 1.96 bits per heavy atom. The van der Waals surface area contributed by atoms with E-state index in [1.807, 2.05) is 70.5 Å². The SMILES string of the molecule is Cc1nn(C)cc1C(C)NC(=O)c1cc(-c2ccnn2C)nc2ccccc12. The summed E-state index contributed by atoms with van der Waals surface area (Å²) in [6, 6.07) is 11.2. The third kappa shape index (κ3) is 3.15. The lowest BCUT2D eigenvalue weighted by molar-refractivity contribution is 0.0941. The summed E-state index contributed by atoms with van der Waals surface area (Å²) in [5, 5.41) is 12.5. The Hall–Kier alpha value is -3.48. The van der Waals surface area contributed by atoms with Crippen molar-refractivity contribution in [1.82, 2.24) is 29.9 Å². The van der Waals surface area contributed by atoms with Crippen LogP contribution in [0, 0.1) is 6.92 Å². The highest BCUT2D eigenvalue weighted by molar-refractivity contribution is 6.07. The molecule has 142 valence electrons. The van der Waals surface area contributed by atoms with Crippen LogP contribution in [0.4, 0.5) is 0 Å². The molecule has 0 radical (unpaired) electrons. The number of nitrogens with zero attached hydrogens (tertiary/aromatic N) is 5. The molecule has 3 heterocycles. The molecule has 0 spiro atoms. The average Bonchev–Trinajstić information content (AvgIpc) is 3.25. The number of amides is 1. The van der Waals surface area contributed by atoms with E-state index in [2.05, 4.69) is 15.5 Å². The molecule has 0 aliphatic carbocycles. The van der Waals surface area contributed by atoms with E-state index in [0.29, 0.717) is 11.3 Å². The first-order valence-corrected chi connectivity index (χ1v) is 9.13. The van der Waals surface area contributed by atoms with Crippen molar-refractivity contribution in [2.75, 3.05) is 0 Å². The standard InChI is InChI=1S/C21H22N6O/c1-13(17-12-26(3)25-14(17)2)23-21(28)16-11-19(20-9-10-22-27(20)4)24-18-8-6-5-7-15(16)18/h5-13H,1-4H3,(H,23,28). The Labute approximate surface area is 163 Å². The molecule has 0 bridgehead atoms. The fourth-order valence-corrected chi connectivity index (χ4v) is 3.51. The van der Waals surface area contributed by atoms with Gasteiger partial charge in [-0.25, -0.2) is 4.98 Å². The molecule has 7 nitrogen and oxygen atoms in total. The van der Waals surface area contributed by atoms with Crippen LogP contribution in [0.5, 0.6) is 0 Å². The molecule has 28 heavy (non-hydrogen) atoms. The first kappa shape index (κ1) is 17.9. The van der Waals surface area contributed by atoms with Crippen LogP contribution >= 0.6 is 0 Å². The number of nitrogens with one attached hydrogen (secondary N) is 1. The predicted molar refractivity (Wildman–Crippen MR) is 108 cm³/mol. The number of hydrogen-bond donors (Lipinski definition) is 1. The lowest BCUT2D eigenvalue weighted by Crippen LogP contribution is -2.27. The first-order chi connectivity index (χ1) is 13.4. The molecule has 4 rings (SSSR count). The first-order valence-electron chi connectivity index (χ1n) is 9.13. The van der Waals surface area contributed by atoms with Crippen LogP contribution < -0.4 is 5.32 Å². The summed E-state index contributed by atoms with van der Waals surface area (Å²) in [5.74, 6) is -0.141. The third-order valence-corrected chi connectivity index (χ3v) is 4.91. The number of carbonyl (C=O) groups is 1. The fourth-order valence-electron chi connectivity index (χ4n) is 3.51. The summed E-state index contributed by atoms with van der Waals surface area (Å²) in [6.45, 7) is 3.91. The second-order valence-corrected chi connectivity index (χ2v) is 6.95. The van der Waals surface area contributed by atoms with Gasteiger partial charge in [0.05, 0.1) is 34.2 Å². The van der Waals surface area contributed by atoms with E-state index in [0.717, 1.165) is 27.9 Å². The van der Waals surface area contributed by atoms with Crippen molar-refractivity contribution < 1.29 is 4.79 Å².